The fraction of sp³-hybridized carbons (Fsp3) is 0.321. The van der Waals surface area contributed by atoms with Crippen molar-refractivity contribution in [2.75, 3.05) is 19.6 Å². The zero-order valence-electron chi connectivity index (χ0n) is 20.4. The van der Waals surface area contributed by atoms with Crippen molar-refractivity contribution in [2.45, 2.75) is 38.1 Å². The van der Waals surface area contributed by atoms with Crippen LogP contribution in [-0.4, -0.2) is 44.6 Å². The van der Waals surface area contributed by atoms with Crippen LogP contribution >= 0.6 is 11.6 Å². The summed E-state index contributed by atoms with van der Waals surface area (Å²) in [5.41, 5.74) is 8.44. The van der Waals surface area contributed by atoms with Crippen molar-refractivity contribution in [1.82, 2.24) is 19.1 Å². The van der Waals surface area contributed by atoms with Gasteiger partial charge >= 0.3 is 0 Å². The van der Waals surface area contributed by atoms with Gasteiger partial charge in [-0.15, -0.1) is 0 Å². The molecule has 2 N–H and O–H groups in total. The standard InChI is InChI=1S/C28H30ClN5O2/c1-20-8-10-22(11-9-20)25(35)32(17-5-16-30)19-28(14-15-28)27-31-34-23(12-13-24(34)29)26(36)33(27)18-21-6-3-2-4-7-21/h2-4,6-13H,5,14-19,30H2,1H3. The molecule has 2 aromatic carbocycles. The van der Waals surface area contributed by atoms with Crippen molar-refractivity contribution in [3.05, 3.63) is 105 Å². The lowest BCUT2D eigenvalue weighted by atomic mass is 10.0. The predicted molar refractivity (Wildman–Crippen MR) is 142 cm³/mol. The van der Waals surface area contributed by atoms with E-state index in [9.17, 15) is 9.59 Å². The fourth-order valence-corrected chi connectivity index (χ4v) is 4.93. The van der Waals surface area contributed by atoms with E-state index in [2.05, 4.69) is 0 Å². The minimum atomic E-state index is -0.426. The summed E-state index contributed by atoms with van der Waals surface area (Å²) < 4.78 is 3.28. The number of amides is 1. The summed E-state index contributed by atoms with van der Waals surface area (Å²) in [6.07, 6.45) is 2.36. The number of rotatable bonds is 9. The molecule has 1 fully saturated rings. The van der Waals surface area contributed by atoms with Crippen LogP contribution in [0.1, 0.15) is 46.6 Å². The number of nitrogens with two attached hydrogens (primary N) is 1. The van der Waals surface area contributed by atoms with Crippen LogP contribution in [-0.2, 0) is 12.0 Å². The number of hydrogen-bond donors (Lipinski definition) is 1. The lowest BCUT2D eigenvalue weighted by Gasteiger charge is -2.29. The Kier molecular flexibility index (Phi) is 6.69. The van der Waals surface area contributed by atoms with Gasteiger partial charge in [-0.25, -0.2) is 4.52 Å². The Labute approximate surface area is 215 Å². The van der Waals surface area contributed by atoms with Crippen LogP contribution < -0.4 is 11.3 Å². The maximum Gasteiger partial charge on any atom is 0.278 e. The Balaban J connectivity index is 1.56. The third-order valence-electron chi connectivity index (χ3n) is 6.95. The van der Waals surface area contributed by atoms with Gasteiger partial charge in [0.15, 0.2) is 0 Å². The molecule has 1 aliphatic rings. The highest BCUT2D eigenvalue weighted by molar-refractivity contribution is 6.29. The van der Waals surface area contributed by atoms with Crippen molar-refractivity contribution in [3.63, 3.8) is 0 Å². The number of hydrogen-bond acceptors (Lipinski definition) is 4. The Morgan fingerprint density at radius 1 is 1.08 bits per heavy atom. The average molecular weight is 504 g/mol. The van der Waals surface area contributed by atoms with E-state index in [1.165, 1.54) is 4.52 Å². The van der Waals surface area contributed by atoms with Gasteiger partial charge in [-0.2, -0.15) is 5.10 Å². The van der Waals surface area contributed by atoms with Gasteiger partial charge in [0.05, 0.1) is 6.54 Å². The zero-order chi connectivity index (χ0) is 25.3. The Bertz CT molecular complexity index is 1440. The van der Waals surface area contributed by atoms with Crippen LogP contribution in [0, 0.1) is 6.92 Å². The molecule has 0 unspecified atom stereocenters. The highest BCUT2D eigenvalue weighted by Crippen LogP contribution is 2.48. The van der Waals surface area contributed by atoms with Crippen LogP contribution in [0.5, 0.6) is 0 Å². The smallest absolute Gasteiger partial charge is 0.278 e. The maximum absolute atomic E-state index is 13.6. The maximum atomic E-state index is 13.6. The van der Waals surface area contributed by atoms with Crippen LogP contribution in [0.4, 0.5) is 0 Å². The third kappa shape index (κ3) is 4.68. The second kappa shape index (κ2) is 9.91. The number of aromatic nitrogens is 3. The molecule has 0 radical (unpaired) electrons. The number of carbonyl (C=O) groups is 1. The van der Waals surface area contributed by atoms with Gasteiger partial charge in [0.1, 0.15) is 16.5 Å². The molecule has 5 rings (SSSR count). The molecule has 2 aromatic heterocycles. The van der Waals surface area contributed by atoms with Crippen molar-refractivity contribution < 1.29 is 4.79 Å². The highest BCUT2D eigenvalue weighted by Gasteiger charge is 2.50. The molecule has 0 aliphatic heterocycles. The van der Waals surface area contributed by atoms with Gasteiger partial charge < -0.3 is 10.6 Å². The lowest BCUT2D eigenvalue weighted by Crippen LogP contribution is -2.42. The molecule has 0 saturated heterocycles. The summed E-state index contributed by atoms with van der Waals surface area (Å²) >= 11 is 6.39. The molecule has 0 atom stereocenters. The first-order valence-electron chi connectivity index (χ1n) is 12.3. The summed E-state index contributed by atoms with van der Waals surface area (Å²) in [4.78, 5) is 29.0. The molecule has 186 valence electrons. The zero-order valence-corrected chi connectivity index (χ0v) is 21.1. The second-order valence-corrected chi connectivity index (χ2v) is 10.1. The molecule has 0 bridgehead atoms. The molecule has 4 aromatic rings. The first-order chi connectivity index (χ1) is 17.4. The van der Waals surface area contributed by atoms with Gasteiger partial charge in [0.2, 0.25) is 0 Å². The SMILES string of the molecule is Cc1ccc(C(=O)N(CCCN)CC2(c3nn4c(Cl)ccc4c(=O)n3Cc3ccccc3)CC2)cc1. The number of halogens is 1. The quantitative estimate of drug-likeness (QED) is 0.373. The Morgan fingerprint density at radius 3 is 2.47 bits per heavy atom. The summed E-state index contributed by atoms with van der Waals surface area (Å²) in [5, 5.41) is 5.28. The second-order valence-electron chi connectivity index (χ2n) is 9.67. The summed E-state index contributed by atoms with van der Waals surface area (Å²) in [6.45, 7) is 3.90. The van der Waals surface area contributed by atoms with E-state index in [1.54, 1.807) is 16.7 Å². The van der Waals surface area contributed by atoms with Crippen LogP contribution in [0.15, 0.2) is 71.5 Å². The van der Waals surface area contributed by atoms with E-state index >= 15 is 0 Å². The number of nitrogens with zero attached hydrogens (tertiary/aromatic N) is 4. The molecule has 1 aliphatic carbocycles. The van der Waals surface area contributed by atoms with Crippen LogP contribution in [0.25, 0.3) is 5.52 Å². The molecule has 1 amide bonds. The van der Waals surface area contributed by atoms with Crippen molar-refractivity contribution in [3.8, 4) is 0 Å². The topological polar surface area (TPSA) is 85.6 Å². The summed E-state index contributed by atoms with van der Waals surface area (Å²) in [6, 6.07) is 20.9. The van der Waals surface area contributed by atoms with Crippen molar-refractivity contribution >= 4 is 23.0 Å². The number of fused-ring (bicyclic) bond motifs is 1. The molecule has 0 spiro atoms. The van der Waals surface area contributed by atoms with Crippen molar-refractivity contribution in [2.24, 2.45) is 5.73 Å². The van der Waals surface area contributed by atoms with E-state index < -0.39 is 5.41 Å². The van der Waals surface area contributed by atoms with E-state index in [0.29, 0.717) is 54.7 Å². The molecule has 2 heterocycles. The normalized spacial score (nSPS) is 14.2. The van der Waals surface area contributed by atoms with Gasteiger partial charge in [0.25, 0.3) is 11.5 Å². The van der Waals surface area contributed by atoms with Crippen LogP contribution in [0.2, 0.25) is 5.15 Å². The number of benzene rings is 2. The average Bonchev–Trinajstić information content (AvgIpc) is 3.58. The number of aryl methyl sites for hydroxylation is 1. The highest BCUT2D eigenvalue weighted by atomic mass is 35.5. The molecule has 1 saturated carbocycles. The Morgan fingerprint density at radius 2 is 1.81 bits per heavy atom. The fourth-order valence-electron chi connectivity index (χ4n) is 4.74. The Hall–Kier alpha value is -3.42. The first kappa shape index (κ1) is 24.3. The largest absolute Gasteiger partial charge is 0.338 e. The van der Waals surface area contributed by atoms with Crippen LogP contribution in [0.3, 0.4) is 0 Å². The molecule has 7 nitrogen and oxygen atoms in total. The number of carbonyl (C=O) groups excluding carboxylic acids is 1. The van der Waals surface area contributed by atoms with E-state index in [1.807, 2.05) is 66.4 Å². The van der Waals surface area contributed by atoms with Gasteiger partial charge in [0, 0.05) is 24.1 Å². The minimum absolute atomic E-state index is 0.0354. The van der Waals surface area contributed by atoms with E-state index in [4.69, 9.17) is 22.4 Å². The molecule has 8 heteroatoms. The minimum Gasteiger partial charge on any atom is -0.338 e. The summed E-state index contributed by atoms with van der Waals surface area (Å²) in [5.74, 6) is 0.628. The van der Waals surface area contributed by atoms with Crippen molar-refractivity contribution in [1.29, 1.82) is 0 Å². The van der Waals surface area contributed by atoms with Gasteiger partial charge in [-0.05, 0) is 62.6 Å². The molecular weight excluding hydrogens is 474 g/mol. The molecule has 36 heavy (non-hydrogen) atoms. The first-order valence-corrected chi connectivity index (χ1v) is 12.7. The molecular formula is C28H30ClN5O2. The van der Waals surface area contributed by atoms with Gasteiger partial charge in [-0.1, -0.05) is 59.6 Å². The van der Waals surface area contributed by atoms with E-state index in [-0.39, 0.29) is 11.5 Å². The van der Waals surface area contributed by atoms with Gasteiger partial charge in [-0.3, -0.25) is 14.2 Å². The predicted octanol–water partition coefficient (Wildman–Crippen LogP) is 4.03. The lowest BCUT2D eigenvalue weighted by molar-refractivity contribution is 0.0735. The third-order valence-corrected chi connectivity index (χ3v) is 7.23. The summed E-state index contributed by atoms with van der Waals surface area (Å²) in [7, 11) is 0. The van der Waals surface area contributed by atoms with E-state index in [0.717, 1.165) is 24.0 Å². The monoisotopic (exact) mass is 503 g/mol.